The van der Waals surface area contributed by atoms with E-state index in [1.165, 1.54) is 18.4 Å². The van der Waals surface area contributed by atoms with E-state index in [4.69, 9.17) is 4.74 Å². The van der Waals surface area contributed by atoms with Gasteiger partial charge in [-0.2, -0.15) is 0 Å². The Balaban J connectivity index is 1.72. The molecular formula is C16H25NO. The minimum absolute atomic E-state index is 0.653. The molecule has 1 heterocycles. The molecule has 1 fully saturated rings. The van der Waals surface area contributed by atoms with Crippen LogP contribution in [0.25, 0.3) is 0 Å². The minimum atomic E-state index is 0.653. The summed E-state index contributed by atoms with van der Waals surface area (Å²) in [6, 6.07) is 11.1. The molecule has 1 aromatic carbocycles. The van der Waals surface area contributed by atoms with Crippen molar-refractivity contribution in [2.24, 2.45) is 11.8 Å². The van der Waals surface area contributed by atoms with Crippen molar-refractivity contribution in [2.45, 2.75) is 39.3 Å². The fourth-order valence-corrected chi connectivity index (χ4v) is 2.71. The predicted molar refractivity (Wildman–Crippen MR) is 75.5 cm³/mol. The maximum absolute atomic E-state index is 5.88. The second-order valence-corrected chi connectivity index (χ2v) is 5.74. The van der Waals surface area contributed by atoms with Gasteiger partial charge in [-0.1, -0.05) is 44.2 Å². The molecule has 1 aromatic rings. The van der Waals surface area contributed by atoms with Crippen molar-refractivity contribution in [3.05, 3.63) is 35.9 Å². The first-order valence-corrected chi connectivity index (χ1v) is 7.10. The van der Waals surface area contributed by atoms with Gasteiger partial charge in [0.15, 0.2) is 0 Å². The van der Waals surface area contributed by atoms with Crippen LogP contribution in [0.1, 0.15) is 32.3 Å². The van der Waals surface area contributed by atoms with E-state index in [9.17, 15) is 0 Å². The van der Waals surface area contributed by atoms with Crippen molar-refractivity contribution in [3.63, 3.8) is 0 Å². The van der Waals surface area contributed by atoms with E-state index < -0.39 is 0 Å². The van der Waals surface area contributed by atoms with Gasteiger partial charge in [0.2, 0.25) is 0 Å². The second-order valence-electron chi connectivity index (χ2n) is 5.74. The highest BCUT2D eigenvalue weighted by molar-refractivity contribution is 5.13. The number of ether oxygens (including phenoxy) is 1. The lowest BCUT2D eigenvalue weighted by molar-refractivity contribution is 0.0803. The molecule has 2 rings (SSSR count). The molecule has 0 unspecified atom stereocenters. The molecule has 0 amide bonds. The fourth-order valence-electron chi connectivity index (χ4n) is 2.71. The van der Waals surface area contributed by atoms with E-state index in [2.05, 4.69) is 43.4 Å². The highest BCUT2D eigenvalue weighted by atomic mass is 16.5. The van der Waals surface area contributed by atoms with Crippen LogP contribution in [-0.2, 0) is 11.3 Å². The first-order chi connectivity index (χ1) is 8.75. The molecule has 2 nitrogen and oxygen atoms in total. The Hall–Kier alpha value is -0.860. The van der Waals surface area contributed by atoms with Crippen molar-refractivity contribution in [3.8, 4) is 0 Å². The number of rotatable bonds is 6. The van der Waals surface area contributed by atoms with Crippen LogP contribution in [0.5, 0.6) is 0 Å². The Kier molecular flexibility index (Phi) is 5.21. The van der Waals surface area contributed by atoms with E-state index >= 15 is 0 Å². The molecule has 0 aliphatic carbocycles. The highest BCUT2D eigenvalue weighted by Crippen LogP contribution is 2.22. The van der Waals surface area contributed by atoms with Crippen molar-refractivity contribution < 1.29 is 4.74 Å². The van der Waals surface area contributed by atoms with Crippen LogP contribution >= 0.6 is 0 Å². The quantitative estimate of drug-likeness (QED) is 0.833. The Morgan fingerprint density at radius 3 is 2.78 bits per heavy atom. The normalized spacial score (nSPS) is 23.7. The smallest absolute Gasteiger partial charge is 0.0717 e. The zero-order valence-electron chi connectivity index (χ0n) is 11.6. The molecule has 0 radical (unpaired) electrons. The lowest BCUT2D eigenvalue weighted by Crippen LogP contribution is -2.30. The molecule has 1 saturated heterocycles. The van der Waals surface area contributed by atoms with E-state index in [-0.39, 0.29) is 0 Å². The van der Waals surface area contributed by atoms with Gasteiger partial charge < -0.3 is 10.1 Å². The molecule has 18 heavy (non-hydrogen) atoms. The molecule has 0 aromatic heterocycles. The number of nitrogens with one attached hydrogen (secondary N) is 1. The zero-order chi connectivity index (χ0) is 12.8. The summed E-state index contributed by atoms with van der Waals surface area (Å²) in [7, 11) is 0. The average molecular weight is 247 g/mol. The molecule has 2 atom stereocenters. The van der Waals surface area contributed by atoms with Crippen LogP contribution in [0.15, 0.2) is 30.3 Å². The third kappa shape index (κ3) is 4.11. The van der Waals surface area contributed by atoms with Crippen LogP contribution in [-0.4, -0.2) is 19.2 Å². The molecule has 2 heteroatoms. The van der Waals surface area contributed by atoms with Crippen LogP contribution in [0.4, 0.5) is 0 Å². The van der Waals surface area contributed by atoms with E-state index in [0.29, 0.717) is 12.0 Å². The number of hydrogen-bond acceptors (Lipinski definition) is 2. The molecule has 0 saturated carbocycles. The number of hydrogen-bond donors (Lipinski definition) is 1. The SMILES string of the molecule is CC(C)C[C@@H]1NCC[C@@H]1COCc1ccccc1. The fraction of sp³-hybridized carbons (Fsp3) is 0.625. The van der Waals surface area contributed by atoms with Crippen molar-refractivity contribution in [1.29, 1.82) is 0 Å². The van der Waals surface area contributed by atoms with Crippen LogP contribution in [0.3, 0.4) is 0 Å². The van der Waals surface area contributed by atoms with E-state index in [0.717, 1.165) is 25.7 Å². The highest BCUT2D eigenvalue weighted by Gasteiger charge is 2.27. The van der Waals surface area contributed by atoms with Gasteiger partial charge >= 0.3 is 0 Å². The Morgan fingerprint density at radius 1 is 1.28 bits per heavy atom. The second kappa shape index (κ2) is 6.91. The maximum Gasteiger partial charge on any atom is 0.0717 e. The monoisotopic (exact) mass is 247 g/mol. The first kappa shape index (κ1) is 13.6. The summed E-state index contributed by atoms with van der Waals surface area (Å²) in [5.41, 5.74) is 1.27. The molecule has 1 N–H and O–H groups in total. The molecule has 0 bridgehead atoms. The van der Waals surface area contributed by atoms with Gasteiger partial charge in [-0.3, -0.25) is 0 Å². The van der Waals surface area contributed by atoms with Gasteiger partial charge in [-0.25, -0.2) is 0 Å². The van der Waals surface area contributed by atoms with Crippen molar-refractivity contribution in [2.75, 3.05) is 13.2 Å². The van der Waals surface area contributed by atoms with Gasteiger partial charge in [0.05, 0.1) is 13.2 Å². The standard InChI is InChI=1S/C16H25NO/c1-13(2)10-16-15(8-9-17-16)12-18-11-14-6-4-3-5-7-14/h3-7,13,15-17H,8-12H2,1-2H3/t15-,16+/m1/s1. The molecular weight excluding hydrogens is 222 g/mol. The summed E-state index contributed by atoms with van der Waals surface area (Å²) in [6.07, 6.45) is 2.52. The van der Waals surface area contributed by atoms with Crippen LogP contribution in [0.2, 0.25) is 0 Å². The predicted octanol–water partition coefficient (Wildman–Crippen LogP) is 3.23. The summed E-state index contributed by atoms with van der Waals surface area (Å²) in [5, 5.41) is 3.61. The summed E-state index contributed by atoms with van der Waals surface area (Å²) >= 11 is 0. The van der Waals surface area contributed by atoms with Gasteiger partial charge in [-0.05, 0) is 36.8 Å². The largest absolute Gasteiger partial charge is 0.376 e. The van der Waals surface area contributed by atoms with Crippen LogP contribution in [0, 0.1) is 11.8 Å². The van der Waals surface area contributed by atoms with Gasteiger partial charge in [0, 0.05) is 6.04 Å². The maximum atomic E-state index is 5.88. The third-order valence-electron chi connectivity index (χ3n) is 3.66. The van der Waals surface area contributed by atoms with Crippen molar-refractivity contribution >= 4 is 0 Å². The Bertz CT molecular complexity index is 336. The summed E-state index contributed by atoms with van der Waals surface area (Å²) in [4.78, 5) is 0. The van der Waals surface area contributed by atoms with Gasteiger partial charge in [0.25, 0.3) is 0 Å². The lowest BCUT2D eigenvalue weighted by atomic mass is 9.94. The lowest BCUT2D eigenvalue weighted by Gasteiger charge is -2.21. The summed E-state index contributed by atoms with van der Waals surface area (Å²) in [5.74, 6) is 1.45. The number of benzene rings is 1. The first-order valence-electron chi connectivity index (χ1n) is 7.10. The molecule has 100 valence electrons. The topological polar surface area (TPSA) is 21.3 Å². The van der Waals surface area contributed by atoms with Gasteiger partial charge in [0.1, 0.15) is 0 Å². The molecule has 0 spiro atoms. The van der Waals surface area contributed by atoms with Gasteiger partial charge in [-0.15, -0.1) is 0 Å². The average Bonchev–Trinajstić information content (AvgIpc) is 2.77. The summed E-state index contributed by atoms with van der Waals surface area (Å²) in [6.45, 7) is 7.37. The van der Waals surface area contributed by atoms with E-state index in [1.807, 2.05) is 6.07 Å². The molecule has 1 aliphatic heterocycles. The third-order valence-corrected chi connectivity index (χ3v) is 3.66. The van der Waals surface area contributed by atoms with E-state index in [1.54, 1.807) is 0 Å². The Morgan fingerprint density at radius 2 is 2.06 bits per heavy atom. The summed E-state index contributed by atoms with van der Waals surface area (Å²) < 4.78 is 5.88. The molecule has 1 aliphatic rings. The van der Waals surface area contributed by atoms with Crippen LogP contribution < -0.4 is 5.32 Å². The minimum Gasteiger partial charge on any atom is -0.376 e. The Labute approximate surface area is 111 Å². The van der Waals surface area contributed by atoms with Crippen molar-refractivity contribution in [1.82, 2.24) is 5.32 Å². The zero-order valence-corrected chi connectivity index (χ0v) is 11.6.